The van der Waals surface area contributed by atoms with E-state index in [9.17, 15) is 4.79 Å². The molecule has 0 aromatic carbocycles. The molecule has 6 nitrogen and oxygen atoms in total. The fourth-order valence-corrected chi connectivity index (χ4v) is 3.61. The lowest BCUT2D eigenvalue weighted by Gasteiger charge is -2.26. The van der Waals surface area contributed by atoms with Gasteiger partial charge in [-0.15, -0.1) is 11.3 Å². The van der Waals surface area contributed by atoms with Gasteiger partial charge in [-0.3, -0.25) is 14.3 Å². The maximum Gasteiger partial charge on any atom is 0.253 e. The normalized spacial score (nSPS) is 15.7. The molecule has 1 N–H and O–H groups in total. The maximum atomic E-state index is 12.5. The summed E-state index contributed by atoms with van der Waals surface area (Å²) in [6.45, 7) is 8.92. The van der Waals surface area contributed by atoms with Crippen LogP contribution < -0.4 is 5.32 Å². The van der Waals surface area contributed by atoms with Crippen molar-refractivity contribution in [3.05, 3.63) is 34.6 Å². The zero-order valence-electron chi connectivity index (χ0n) is 13.5. The predicted octanol–water partition coefficient (Wildman–Crippen LogP) is 1.61. The van der Waals surface area contributed by atoms with Gasteiger partial charge in [0.15, 0.2) is 5.13 Å². The number of carbonyl (C=O) groups is 1. The minimum atomic E-state index is -0.0193. The number of amides is 1. The maximum absolute atomic E-state index is 12.5. The third-order valence-electron chi connectivity index (χ3n) is 4.10. The third kappa shape index (κ3) is 3.63. The molecule has 7 heteroatoms. The Morgan fingerprint density at radius 1 is 1.39 bits per heavy atom. The number of thiazole rings is 1. The van der Waals surface area contributed by atoms with Crippen LogP contribution >= 0.6 is 11.3 Å². The predicted molar refractivity (Wildman–Crippen MR) is 90.5 cm³/mol. The molecule has 0 atom stereocenters. The quantitative estimate of drug-likeness (QED) is 0.902. The molecule has 3 rings (SSSR count). The highest BCUT2D eigenvalue weighted by molar-refractivity contribution is 7.12. The standard InChI is InChI=1S/C16H22N4O2S/c1-12-11-14(13(2)20(12)16-18-4-10-23-16)15(21)17-3-5-19-6-8-22-9-7-19/h4,10-11H,3,5-9H2,1-2H3,(H,17,21). The van der Waals surface area contributed by atoms with Crippen molar-refractivity contribution in [1.29, 1.82) is 0 Å². The molecule has 0 aliphatic carbocycles. The fraction of sp³-hybridized carbons (Fsp3) is 0.500. The average Bonchev–Trinajstić information content (AvgIpc) is 3.16. The highest BCUT2D eigenvalue weighted by Crippen LogP contribution is 2.22. The van der Waals surface area contributed by atoms with Crippen LogP contribution in [0.25, 0.3) is 5.13 Å². The molecule has 0 unspecified atom stereocenters. The van der Waals surface area contributed by atoms with E-state index in [1.54, 1.807) is 17.5 Å². The third-order valence-corrected chi connectivity index (χ3v) is 4.86. The van der Waals surface area contributed by atoms with Gasteiger partial charge >= 0.3 is 0 Å². The number of morpholine rings is 1. The van der Waals surface area contributed by atoms with E-state index in [0.717, 1.165) is 54.9 Å². The molecule has 0 saturated carbocycles. The lowest BCUT2D eigenvalue weighted by Crippen LogP contribution is -2.41. The van der Waals surface area contributed by atoms with Crippen LogP contribution in [0, 0.1) is 13.8 Å². The van der Waals surface area contributed by atoms with Gasteiger partial charge in [0.2, 0.25) is 0 Å². The molecule has 0 spiro atoms. The number of hydrogen-bond acceptors (Lipinski definition) is 5. The lowest BCUT2D eigenvalue weighted by atomic mass is 10.2. The van der Waals surface area contributed by atoms with E-state index >= 15 is 0 Å². The largest absolute Gasteiger partial charge is 0.379 e. The molecule has 124 valence electrons. The molecular formula is C16H22N4O2S. The molecule has 2 aromatic rings. The molecule has 1 aliphatic heterocycles. The average molecular weight is 334 g/mol. The molecule has 1 aliphatic rings. The van der Waals surface area contributed by atoms with Crippen LogP contribution in [-0.4, -0.2) is 59.8 Å². The van der Waals surface area contributed by atoms with Gasteiger partial charge in [-0.1, -0.05) is 0 Å². The molecule has 0 bridgehead atoms. The summed E-state index contributed by atoms with van der Waals surface area (Å²) in [6.07, 6.45) is 1.78. The molecule has 2 aromatic heterocycles. The first-order valence-corrected chi connectivity index (χ1v) is 8.72. The Kier molecular flexibility index (Phi) is 5.09. The van der Waals surface area contributed by atoms with Crippen LogP contribution in [0.5, 0.6) is 0 Å². The number of hydrogen-bond donors (Lipinski definition) is 1. The van der Waals surface area contributed by atoms with Gasteiger partial charge in [-0.2, -0.15) is 0 Å². The van der Waals surface area contributed by atoms with E-state index in [2.05, 4.69) is 15.2 Å². The van der Waals surface area contributed by atoms with Crippen LogP contribution in [0.3, 0.4) is 0 Å². The van der Waals surface area contributed by atoms with E-state index in [0.29, 0.717) is 6.54 Å². The number of ether oxygens (including phenoxy) is 1. The van der Waals surface area contributed by atoms with Gasteiger partial charge in [-0.25, -0.2) is 4.98 Å². The van der Waals surface area contributed by atoms with Crippen molar-refractivity contribution in [2.75, 3.05) is 39.4 Å². The fourth-order valence-electron chi connectivity index (χ4n) is 2.86. The van der Waals surface area contributed by atoms with Crippen molar-refractivity contribution < 1.29 is 9.53 Å². The van der Waals surface area contributed by atoms with Crippen LogP contribution in [0.15, 0.2) is 17.6 Å². The van der Waals surface area contributed by atoms with Crippen LogP contribution in [0.4, 0.5) is 0 Å². The minimum Gasteiger partial charge on any atom is -0.379 e. The molecule has 23 heavy (non-hydrogen) atoms. The molecule has 3 heterocycles. The number of aryl methyl sites for hydroxylation is 1. The Morgan fingerprint density at radius 2 is 2.17 bits per heavy atom. The Morgan fingerprint density at radius 3 is 2.87 bits per heavy atom. The Hall–Kier alpha value is -1.70. The Balaban J connectivity index is 1.62. The van der Waals surface area contributed by atoms with Crippen molar-refractivity contribution in [3.8, 4) is 5.13 Å². The Labute approximate surface area is 140 Å². The van der Waals surface area contributed by atoms with E-state index in [1.807, 2.05) is 29.9 Å². The number of carbonyl (C=O) groups excluding carboxylic acids is 1. The van der Waals surface area contributed by atoms with Crippen LogP contribution in [0.1, 0.15) is 21.7 Å². The van der Waals surface area contributed by atoms with Crippen LogP contribution in [0.2, 0.25) is 0 Å². The second-order valence-corrected chi connectivity index (χ2v) is 6.52. The number of nitrogens with zero attached hydrogens (tertiary/aromatic N) is 3. The smallest absolute Gasteiger partial charge is 0.253 e. The minimum absolute atomic E-state index is 0.0193. The summed E-state index contributed by atoms with van der Waals surface area (Å²) in [5, 5.41) is 5.86. The zero-order valence-corrected chi connectivity index (χ0v) is 14.4. The second-order valence-electron chi connectivity index (χ2n) is 5.64. The summed E-state index contributed by atoms with van der Waals surface area (Å²) in [4.78, 5) is 19.1. The van der Waals surface area contributed by atoms with Gasteiger partial charge in [0, 0.05) is 49.1 Å². The van der Waals surface area contributed by atoms with E-state index < -0.39 is 0 Å². The topological polar surface area (TPSA) is 59.4 Å². The molecule has 1 saturated heterocycles. The van der Waals surface area contributed by atoms with Gasteiger partial charge in [0.05, 0.1) is 18.8 Å². The molecule has 1 fully saturated rings. The number of aromatic nitrogens is 2. The van der Waals surface area contributed by atoms with E-state index in [-0.39, 0.29) is 5.91 Å². The summed E-state index contributed by atoms with van der Waals surface area (Å²) in [7, 11) is 0. The molecule has 0 radical (unpaired) electrons. The monoisotopic (exact) mass is 334 g/mol. The van der Waals surface area contributed by atoms with E-state index in [1.165, 1.54) is 0 Å². The summed E-state index contributed by atoms with van der Waals surface area (Å²) in [5.41, 5.74) is 2.68. The van der Waals surface area contributed by atoms with Gasteiger partial charge in [0.1, 0.15) is 0 Å². The molecule has 1 amide bonds. The van der Waals surface area contributed by atoms with Crippen molar-refractivity contribution in [2.45, 2.75) is 13.8 Å². The summed E-state index contributed by atoms with van der Waals surface area (Å²) in [5.74, 6) is -0.0193. The van der Waals surface area contributed by atoms with Gasteiger partial charge < -0.3 is 10.1 Å². The van der Waals surface area contributed by atoms with Crippen molar-refractivity contribution in [1.82, 2.24) is 19.8 Å². The highest BCUT2D eigenvalue weighted by Gasteiger charge is 2.18. The zero-order chi connectivity index (χ0) is 16.2. The Bertz CT molecular complexity index is 660. The van der Waals surface area contributed by atoms with Crippen LogP contribution in [-0.2, 0) is 4.74 Å². The summed E-state index contributed by atoms with van der Waals surface area (Å²) >= 11 is 1.57. The van der Waals surface area contributed by atoms with E-state index in [4.69, 9.17) is 4.74 Å². The van der Waals surface area contributed by atoms with Crippen molar-refractivity contribution in [3.63, 3.8) is 0 Å². The van der Waals surface area contributed by atoms with Crippen molar-refractivity contribution in [2.24, 2.45) is 0 Å². The number of nitrogens with one attached hydrogen (secondary N) is 1. The summed E-state index contributed by atoms with van der Waals surface area (Å²) < 4.78 is 7.36. The first-order chi connectivity index (χ1) is 11.2. The van der Waals surface area contributed by atoms with Gasteiger partial charge in [-0.05, 0) is 19.9 Å². The lowest BCUT2D eigenvalue weighted by molar-refractivity contribution is 0.0383. The number of rotatable bonds is 5. The van der Waals surface area contributed by atoms with Crippen molar-refractivity contribution >= 4 is 17.2 Å². The highest BCUT2D eigenvalue weighted by atomic mass is 32.1. The van der Waals surface area contributed by atoms with Gasteiger partial charge in [0.25, 0.3) is 5.91 Å². The SMILES string of the molecule is Cc1cc(C(=O)NCCN2CCOCC2)c(C)n1-c1nccs1. The summed E-state index contributed by atoms with van der Waals surface area (Å²) in [6, 6.07) is 1.93. The first-order valence-electron chi connectivity index (χ1n) is 7.84. The molecular weight excluding hydrogens is 312 g/mol. The first kappa shape index (κ1) is 16.2. The second kappa shape index (κ2) is 7.25.